The summed E-state index contributed by atoms with van der Waals surface area (Å²) in [6.45, 7) is 2.61. The van der Waals surface area contributed by atoms with Crippen LogP contribution in [0.5, 0.6) is 0 Å². The van der Waals surface area contributed by atoms with Gasteiger partial charge in [-0.2, -0.15) is 0 Å². The molecule has 1 aliphatic carbocycles. The van der Waals surface area contributed by atoms with Crippen LogP contribution in [-0.4, -0.2) is 17.0 Å². The van der Waals surface area contributed by atoms with Gasteiger partial charge in [0.1, 0.15) is 0 Å². The third-order valence-corrected chi connectivity index (χ3v) is 13.8. The summed E-state index contributed by atoms with van der Waals surface area (Å²) < 4.78 is 0. The van der Waals surface area contributed by atoms with Gasteiger partial charge in [-0.3, -0.25) is 0 Å². The molecule has 2 aliphatic heterocycles. The summed E-state index contributed by atoms with van der Waals surface area (Å²) in [7, 11) is -0.303. The van der Waals surface area contributed by atoms with Crippen molar-refractivity contribution < 1.29 is 0 Å². The van der Waals surface area contributed by atoms with Gasteiger partial charge in [-0.15, -0.1) is 0 Å². The van der Waals surface area contributed by atoms with Crippen molar-refractivity contribution in [3.8, 4) is 0 Å². The molecule has 2 saturated heterocycles. The van der Waals surface area contributed by atoms with Gasteiger partial charge < -0.3 is 0 Å². The fourth-order valence-corrected chi connectivity index (χ4v) is 13.2. The maximum atomic E-state index is 2.61. The summed E-state index contributed by atoms with van der Waals surface area (Å²) in [5.41, 5.74) is 2.91. The molecule has 0 radical (unpaired) electrons. The highest BCUT2D eigenvalue weighted by Gasteiger charge is 2.42. The average molecular weight is 419 g/mol. The van der Waals surface area contributed by atoms with Crippen molar-refractivity contribution in [1.82, 2.24) is 0 Å². The molecule has 1 unspecified atom stereocenters. The molecule has 0 spiro atoms. The van der Waals surface area contributed by atoms with Crippen LogP contribution in [0.15, 0.2) is 84.2 Å². The number of fused-ring (bicyclic) bond motifs is 2. The van der Waals surface area contributed by atoms with Crippen molar-refractivity contribution in [3.63, 3.8) is 0 Å². The Morgan fingerprint density at radius 2 is 1.31 bits per heavy atom. The van der Waals surface area contributed by atoms with E-state index in [1.165, 1.54) is 49.1 Å². The highest BCUT2D eigenvalue weighted by atomic mass is 31.1. The van der Waals surface area contributed by atoms with Crippen molar-refractivity contribution in [2.45, 2.75) is 62.4 Å². The predicted octanol–water partition coefficient (Wildman–Crippen LogP) is 7.16. The van der Waals surface area contributed by atoms with Crippen LogP contribution >= 0.6 is 15.8 Å². The minimum Gasteiger partial charge on any atom is -0.0965 e. The van der Waals surface area contributed by atoms with Gasteiger partial charge in [-0.1, -0.05) is 107 Å². The van der Waals surface area contributed by atoms with Gasteiger partial charge in [0.2, 0.25) is 0 Å². The molecule has 5 rings (SSSR count). The molecule has 150 valence electrons. The third kappa shape index (κ3) is 3.92. The number of benzene rings is 2. The topological polar surface area (TPSA) is 0 Å². The van der Waals surface area contributed by atoms with Crippen molar-refractivity contribution >= 4 is 26.5 Å². The maximum Gasteiger partial charge on any atom is 0.00969 e. The molecule has 2 bridgehead atoms. The van der Waals surface area contributed by atoms with E-state index in [9.17, 15) is 0 Å². The fourth-order valence-electron chi connectivity index (χ4n) is 5.93. The monoisotopic (exact) mass is 418 g/mol. The number of hydrogen-bond donors (Lipinski definition) is 0. The summed E-state index contributed by atoms with van der Waals surface area (Å²) in [5.74, 6) is 0.633. The molecule has 2 heteroatoms. The highest BCUT2D eigenvalue weighted by Crippen LogP contribution is 2.66. The van der Waals surface area contributed by atoms with E-state index >= 15 is 0 Å². The molecular weight excluding hydrogens is 386 g/mol. The smallest absolute Gasteiger partial charge is 0.00969 e. The van der Waals surface area contributed by atoms with Crippen molar-refractivity contribution in [2.24, 2.45) is 5.92 Å². The Balaban J connectivity index is 1.49. The quantitative estimate of drug-likeness (QED) is 0.452. The van der Waals surface area contributed by atoms with Gasteiger partial charge in [0.25, 0.3) is 0 Å². The van der Waals surface area contributed by atoms with Gasteiger partial charge >= 0.3 is 0 Å². The number of rotatable bonds is 5. The summed E-state index contributed by atoms with van der Waals surface area (Å²) in [6, 6.07) is 22.5. The zero-order valence-electron chi connectivity index (χ0n) is 17.5. The van der Waals surface area contributed by atoms with Gasteiger partial charge in [0.05, 0.1) is 0 Å². The Bertz CT molecular complexity index is 808. The molecule has 2 fully saturated rings. The van der Waals surface area contributed by atoms with E-state index < -0.39 is 7.92 Å². The molecule has 2 heterocycles. The Hall–Kier alpha value is -1.22. The second-order valence-electron chi connectivity index (χ2n) is 8.87. The SMILES string of the molecule is C[C@@H](C1C=CC=C1P(c1ccccc1)c1ccccc1)P1C2CCCC1CCC2. The lowest BCUT2D eigenvalue weighted by atomic mass is 9.98. The van der Waals surface area contributed by atoms with Crippen LogP contribution in [0.25, 0.3) is 0 Å². The van der Waals surface area contributed by atoms with E-state index in [4.69, 9.17) is 0 Å². The summed E-state index contributed by atoms with van der Waals surface area (Å²) in [6.07, 6.45) is 16.4. The Morgan fingerprint density at radius 1 is 0.793 bits per heavy atom. The maximum absolute atomic E-state index is 2.61. The van der Waals surface area contributed by atoms with Crippen LogP contribution in [0.1, 0.15) is 45.4 Å². The standard InChI is InChI=1S/C27H32P2/c1-21(28-22-15-8-16-23(28)18-9-17-22)26-19-10-20-27(26)29(24-11-4-2-5-12-24)25-13-6-3-7-14-25/h2-7,10-14,19-23,26H,8-9,15-18H2,1H3/t21-,22?,23?,26?,28?/m0/s1. The summed E-state index contributed by atoms with van der Waals surface area (Å²) in [4.78, 5) is 0. The number of hydrogen-bond acceptors (Lipinski definition) is 0. The molecular formula is C27H32P2. The summed E-state index contributed by atoms with van der Waals surface area (Å²) in [5, 5.41) is 4.69. The molecule has 3 aliphatic rings. The number of allylic oxidation sites excluding steroid dienone is 4. The van der Waals surface area contributed by atoms with Crippen LogP contribution in [0.4, 0.5) is 0 Å². The van der Waals surface area contributed by atoms with Crippen LogP contribution in [0.2, 0.25) is 0 Å². The summed E-state index contributed by atoms with van der Waals surface area (Å²) >= 11 is 0. The first-order valence-corrected chi connectivity index (χ1v) is 14.3. The molecule has 29 heavy (non-hydrogen) atoms. The van der Waals surface area contributed by atoms with E-state index in [0.717, 1.165) is 17.0 Å². The molecule has 0 aromatic heterocycles. The third-order valence-electron chi connectivity index (χ3n) is 7.20. The van der Waals surface area contributed by atoms with Gasteiger partial charge in [-0.25, -0.2) is 0 Å². The zero-order chi connectivity index (χ0) is 19.6. The van der Waals surface area contributed by atoms with Gasteiger partial charge in [0, 0.05) is 5.92 Å². The minimum atomic E-state index is -0.451. The molecule has 0 saturated carbocycles. The Kier molecular flexibility index (Phi) is 6.04. The van der Waals surface area contributed by atoms with Gasteiger partial charge in [0.15, 0.2) is 0 Å². The van der Waals surface area contributed by atoms with Crippen LogP contribution in [0, 0.1) is 5.92 Å². The fraction of sp³-hybridized carbons (Fsp3) is 0.407. The van der Waals surface area contributed by atoms with E-state index in [1.807, 2.05) is 0 Å². The molecule has 2 aromatic carbocycles. The lowest BCUT2D eigenvalue weighted by molar-refractivity contribution is 0.468. The lowest BCUT2D eigenvalue weighted by Gasteiger charge is -2.48. The molecule has 0 amide bonds. The second kappa shape index (κ2) is 8.88. The van der Waals surface area contributed by atoms with E-state index in [-0.39, 0.29) is 7.92 Å². The second-order valence-corrected chi connectivity index (χ2v) is 14.3. The van der Waals surface area contributed by atoms with Crippen molar-refractivity contribution in [1.29, 1.82) is 0 Å². The normalized spacial score (nSPS) is 29.7. The minimum absolute atomic E-state index is 0.147. The van der Waals surface area contributed by atoms with Crippen LogP contribution in [0.3, 0.4) is 0 Å². The zero-order valence-corrected chi connectivity index (χ0v) is 19.2. The first-order chi connectivity index (χ1) is 14.3. The molecule has 0 N–H and O–H groups in total. The highest BCUT2D eigenvalue weighted by molar-refractivity contribution is 7.76. The lowest BCUT2D eigenvalue weighted by Crippen LogP contribution is -2.33. The Labute approximate surface area is 179 Å². The van der Waals surface area contributed by atoms with Crippen LogP contribution in [-0.2, 0) is 0 Å². The predicted molar refractivity (Wildman–Crippen MR) is 131 cm³/mol. The van der Waals surface area contributed by atoms with E-state index in [1.54, 1.807) is 5.31 Å². The van der Waals surface area contributed by atoms with E-state index in [2.05, 4.69) is 85.8 Å². The molecule has 0 nitrogen and oxygen atoms in total. The van der Waals surface area contributed by atoms with E-state index in [0.29, 0.717) is 5.92 Å². The van der Waals surface area contributed by atoms with Crippen molar-refractivity contribution in [3.05, 3.63) is 84.2 Å². The van der Waals surface area contributed by atoms with Crippen molar-refractivity contribution in [2.75, 3.05) is 0 Å². The van der Waals surface area contributed by atoms with Crippen LogP contribution < -0.4 is 10.6 Å². The average Bonchev–Trinajstić information content (AvgIpc) is 3.24. The first kappa shape index (κ1) is 19.7. The Morgan fingerprint density at radius 3 is 1.83 bits per heavy atom. The first-order valence-electron chi connectivity index (χ1n) is 11.4. The van der Waals surface area contributed by atoms with Gasteiger partial charge in [-0.05, 0) is 66.5 Å². The largest absolute Gasteiger partial charge is 0.0965 e. The molecule has 2 aromatic rings. The molecule has 2 atom stereocenters.